The molecule has 3 saturated carbocycles. The highest BCUT2D eigenvalue weighted by molar-refractivity contribution is 5.99. The zero-order valence-electron chi connectivity index (χ0n) is 23.3. The number of rotatable bonds is 8. The Hall–Kier alpha value is -3.90. The van der Waals surface area contributed by atoms with Gasteiger partial charge in [-0.1, -0.05) is 0 Å². The molecule has 3 fully saturated rings. The monoisotopic (exact) mass is 609 g/mol. The summed E-state index contributed by atoms with van der Waals surface area (Å²) < 4.78 is 79.3. The molecule has 0 saturated heterocycles. The van der Waals surface area contributed by atoms with E-state index in [-0.39, 0.29) is 52.5 Å². The van der Waals surface area contributed by atoms with Gasteiger partial charge >= 0.3 is 6.18 Å². The van der Waals surface area contributed by atoms with Crippen LogP contribution < -0.4 is 25.8 Å². The van der Waals surface area contributed by atoms with Crippen molar-refractivity contribution < 1.29 is 45.8 Å². The van der Waals surface area contributed by atoms with Gasteiger partial charge in [-0.2, -0.15) is 13.2 Å². The Kier molecular flexibility index (Phi) is 8.53. The maximum Gasteiger partial charge on any atom is 0.419 e. The SMILES string of the molecule is COc1cc(F)c(O[C@H]2CC[C@@H](C(N)=O)CC2)cc1C(=O)N[C@@H]1[C@H]2CC[C@H](C2)[C@@H]1C(=O)Nc1ccc(F)c(C(F)(F)F)c1. The predicted octanol–water partition coefficient (Wildman–Crippen LogP) is 5.20. The second-order valence-electron chi connectivity index (χ2n) is 11.5. The number of ether oxygens (including phenoxy) is 2. The fraction of sp³-hybridized carbons (Fsp3) is 0.500. The van der Waals surface area contributed by atoms with Crippen LogP contribution in [0, 0.1) is 35.3 Å². The molecule has 3 aliphatic rings. The molecule has 4 atom stereocenters. The Labute approximate surface area is 244 Å². The van der Waals surface area contributed by atoms with Crippen molar-refractivity contribution in [2.45, 2.75) is 63.3 Å². The fourth-order valence-electron chi connectivity index (χ4n) is 6.77. The van der Waals surface area contributed by atoms with E-state index in [0.29, 0.717) is 50.7 Å². The maximum atomic E-state index is 14.9. The van der Waals surface area contributed by atoms with Gasteiger partial charge in [0.25, 0.3) is 5.91 Å². The van der Waals surface area contributed by atoms with Gasteiger partial charge in [0, 0.05) is 23.7 Å². The molecule has 2 aromatic rings. The van der Waals surface area contributed by atoms with Gasteiger partial charge in [0.1, 0.15) is 11.6 Å². The first-order valence-electron chi connectivity index (χ1n) is 14.2. The van der Waals surface area contributed by atoms with Crippen LogP contribution in [0.5, 0.6) is 11.5 Å². The van der Waals surface area contributed by atoms with Gasteiger partial charge in [-0.05, 0) is 81.0 Å². The number of carbonyl (C=O) groups excluding carboxylic acids is 3. The summed E-state index contributed by atoms with van der Waals surface area (Å²) in [6, 6.07) is 3.87. The Morgan fingerprint density at radius 3 is 2.26 bits per heavy atom. The number of primary amides is 1. The number of carbonyl (C=O) groups is 3. The second-order valence-corrected chi connectivity index (χ2v) is 11.5. The molecule has 5 rings (SSSR count). The first-order chi connectivity index (χ1) is 20.3. The smallest absolute Gasteiger partial charge is 0.419 e. The van der Waals surface area contributed by atoms with Crippen LogP contribution in [0.4, 0.5) is 27.6 Å². The van der Waals surface area contributed by atoms with Gasteiger partial charge in [0.05, 0.1) is 30.3 Å². The Morgan fingerprint density at radius 1 is 0.907 bits per heavy atom. The minimum absolute atomic E-state index is 0.0139. The van der Waals surface area contributed by atoms with Gasteiger partial charge in [0.15, 0.2) is 11.6 Å². The molecule has 0 aliphatic heterocycles. The number of alkyl halides is 3. The molecular formula is C30H32F5N3O5. The van der Waals surface area contributed by atoms with Crippen LogP contribution >= 0.6 is 0 Å². The highest BCUT2D eigenvalue weighted by atomic mass is 19.4. The number of hydrogen-bond acceptors (Lipinski definition) is 5. The number of halogens is 5. The summed E-state index contributed by atoms with van der Waals surface area (Å²) in [5, 5.41) is 5.35. The van der Waals surface area contributed by atoms with Crippen LogP contribution in [0.3, 0.4) is 0 Å². The summed E-state index contributed by atoms with van der Waals surface area (Å²) >= 11 is 0. The van der Waals surface area contributed by atoms with Gasteiger partial charge in [-0.3, -0.25) is 14.4 Å². The van der Waals surface area contributed by atoms with Crippen LogP contribution in [-0.2, 0) is 15.8 Å². The van der Waals surface area contributed by atoms with Crippen molar-refractivity contribution in [1.82, 2.24) is 5.32 Å². The second kappa shape index (κ2) is 12.0. The zero-order chi connectivity index (χ0) is 31.1. The van der Waals surface area contributed by atoms with Crippen molar-refractivity contribution >= 4 is 23.4 Å². The number of methoxy groups -OCH3 is 1. The lowest BCUT2D eigenvalue weighted by Crippen LogP contribution is -2.48. The first-order valence-corrected chi connectivity index (χ1v) is 14.2. The van der Waals surface area contributed by atoms with E-state index < -0.39 is 47.1 Å². The van der Waals surface area contributed by atoms with Crippen LogP contribution in [0.1, 0.15) is 60.9 Å². The van der Waals surface area contributed by atoms with E-state index >= 15 is 0 Å². The molecule has 3 aliphatic carbocycles. The maximum absolute atomic E-state index is 14.9. The van der Waals surface area contributed by atoms with Crippen LogP contribution in [0.25, 0.3) is 0 Å². The Balaban J connectivity index is 1.32. The van der Waals surface area contributed by atoms with Crippen molar-refractivity contribution in [2.75, 3.05) is 12.4 Å². The quantitative estimate of drug-likeness (QED) is 0.356. The number of benzene rings is 2. The van der Waals surface area contributed by atoms with Gasteiger partial charge in [0.2, 0.25) is 11.8 Å². The van der Waals surface area contributed by atoms with Gasteiger partial charge in [-0.25, -0.2) is 8.78 Å². The van der Waals surface area contributed by atoms with E-state index in [9.17, 15) is 36.3 Å². The average molecular weight is 610 g/mol. The lowest BCUT2D eigenvalue weighted by molar-refractivity contribution is -0.140. The molecule has 2 aromatic carbocycles. The summed E-state index contributed by atoms with van der Waals surface area (Å²) in [6.45, 7) is 0. The lowest BCUT2D eigenvalue weighted by Gasteiger charge is -2.31. The molecule has 43 heavy (non-hydrogen) atoms. The number of anilines is 1. The number of fused-ring (bicyclic) bond motifs is 2. The minimum Gasteiger partial charge on any atom is -0.496 e. The number of nitrogens with two attached hydrogens (primary N) is 1. The van der Waals surface area contributed by atoms with Crippen molar-refractivity contribution in [3.63, 3.8) is 0 Å². The number of hydrogen-bond donors (Lipinski definition) is 3. The minimum atomic E-state index is -4.94. The number of amides is 3. The molecular weight excluding hydrogens is 577 g/mol. The predicted molar refractivity (Wildman–Crippen MR) is 144 cm³/mol. The van der Waals surface area contributed by atoms with E-state index in [0.717, 1.165) is 18.6 Å². The van der Waals surface area contributed by atoms with Crippen LogP contribution in [0.2, 0.25) is 0 Å². The van der Waals surface area contributed by atoms with Gasteiger partial charge in [-0.15, -0.1) is 0 Å². The van der Waals surface area contributed by atoms with Crippen molar-refractivity contribution in [2.24, 2.45) is 29.4 Å². The summed E-state index contributed by atoms with van der Waals surface area (Å²) in [5.41, 5.74) is 3.66. The Bertz CT molecular complexity index is 1410. The highest BCUT2D eigenvalue weighted by Crippen LogP contribution is 2.49. The summed E-state index contributed by atoms with van der Waals surface area (Å²) in [5.74, 6) is -5.16. The zero-order valence-corrected chi connectivity index (χ0v) is 23.3. The topological polar surface area (TPSA) is 120 Å². The van der Waals surface area contributed by atoms with E-state index in [2.05, 4.69) is 10.6 Å². The molecule has 0 spiro atoms. The molecule has 0 radical (unpaired) electrons. The van der Waals surface area contributed by atoms with E-state index in [1.807, 2.05) is 0 Å². The molecule has 3 amide bonds. The largest absolute Gasteiger partial charge is 0.496 e. The fourth-order valence-corrected chi connectivity index (χ4v) is 6.77. The molecule has 0 unspecified atom stereocenters. The van der Waals surface area contributed by atoms with Gasteiger partial charge < -0.3 is 25.8 Å². The summed E-state index contributed by atoms with van der Waals surface area (Å²) in [6.07, 6.45) is -1.22. The normalized spacial score (nSPS) is 26.6. The third-order valence-electron chi connectivity index (χ3n) is 8.93. The third kappa shape index (κ3) is 6.40. The average Bonchev–Trinajstić information content (AvgIpc) is 3.56. The molecule has 0 aromatic heterocycles. The van der Waals surface area contributed by atoms with E-state index in [1.54, 1.807) is 0 Å². The summed E-state index contributed by atoms with van der Waals surface area (Å²) in [4.78, 5) is 38.3. The van der Waals surface area contributed by atoms with E-state index in [1.165, 1.54) is 13.2 Å². The standard InChI is InChI=1S/C30H32F5N3O5/c1-42-23-13-22(32)24(43-18-7-4-14(5-8-18)27(36)39)12-19(23)28(40)38-26-16-3-2-15(10-16)25(26)29(41)37-17-6-9-21(31)20(11-17)30(33,34)35/h6,9,11-16,18,25-26H,2-5,7-8,10H2,1H3,(H2,36,39)(H,37,41)(H,38,40)/t14-,15-,16+,18+,25+,26-/m1/s1. The third-order valence-corrected chi connectivity index (χ3v) is 8.93. The Morgan fingerprint density at radius 2 is 1.60 bits per heavy atom. The first kappa shape index (κ1) is 30.6. The highest BCUT2D eigenvalue weighted by Gasteiger charge is 2.51. The molecule has 13 heteroatoms. The molecule has 0 heterocycles. The van der Waals surface area contributed by atoms with Crippen molar-refractivity contribution in [3.8, 4) is 11.5 Å². The van der Waals surface area contributed by atoms with E-state index in [4.69, 9.17) is 15.2 Å². The molecule has 232 valence electrons. The van der Waals surface area contributed by atoms with Crippen LogP contribution in [-0.4, -0.2) is 37.0 Å². The molecule has 4 N–H and O–H groups in total. The lowest BCUT2D eigenvalue weighted by atomic mass is 9.83. The molecule has 8 nitrogen and oxygen atoms in total. The van der Waals surface area contributed by atoms with Crippen LogP contribution in [0.15, 0.2) is 30.3 Å². The van der Waals surface area contributed by atoms with Crippen molar-refractivity contribution in [1.29, 1.82) is 0 Å². The summed E-state index contributed by atoms with van der Waals surface area (Å²) in [7, 11) is 1.28. The number of nitrogens with one attached hydrogen (secondary N) is 2. The van der Waals surface area contributed by atoms with Crippen molar-refractivity contribution in [3.05, 3.63) is 53.1 Å². The molecule has 2 bridgehead atoms.